The van der Waals surface area contributed by atoms with Crippen molar-refractivity contribution in [3.8, 4) is 17.1 Å². The number of thioether (sulfide) groups is 1. The zero-order chi connectivity index (χ0) is 19.4. The molecule has 3 rings (SSSR count). The van der Waals surface area contributed by atoms with Crippen LogP contribution in [-0.2, 0) is 9.59 Å². The van der Waals surface area contributed by atoms with E-state index in [1.165, 1.54) is 11.8 Å². The molecule has 2 aromatic rings. The molecule has 1 aliphatic heterocycles. The van der Waals surface area contributed by atoms with E-state index in [2.05, 4.69) is 15.2 Å². The van der Waals surface area contributed by atoms with E-state index in [1.807, 2.05) is 0 Å². The molecule has 1 aromatic heterocycles. The van der Waals surface area contributed by atoms with E-state index in [-0.39, 0.29) is 23.5 Å². The number of aromatic nitrogens is 3. The van der Waals surface area contributed by atoms with Crippen LogP contribution < -0.4 is 10.5 Å². The lowest BCUT2D eigenvalue weighted by molar-refractivity contribution is -0.132. The summed E-state index contributed by atoms with van der Waals surface area (Å²) in [4.78, 5) is 29.7. The van der Waals surface area contributed by atoms with E-state index in [1.54, 1.807) is 30.2 Å². The second kappa shape index (κ2) is 8.62. The molecule has 2 heterocycles. The largest absolute Gasteiger partial charge is 0.496 e. The number of nitrogens with one attached hydrogen (secondary N) is 1. The number of carbonyl (C=O) groups is 2. The highest BCUT2D eigenvalue weighted by Crippen LogP contribution is 2.31. The topological polar surface area (TPSA) is 114 Å². The van der Waals surface area contributed by atoms with Gasteiger partial charge in [-0.05, 0) is 31.0 Å². The summed E-state index contributed by atoms with van der Waals surface area (Å²) in [5.41, 5.74) is 6.02. The smallest absolute Gasteiger partial charge is 0.233 e. The maximum atomic E-state index is 12.4. The van der Waals surface area contributed by atoms with E-state index < -0.39 is 0 Å². The SMILES string of the molecule is COc1ccc(Cl)cc1-c1nc(SCC(=O)N2CCC(C(N)=O)CC2)n[nH]1. The molecule has 0 radical (unpaired) electrons. The highest BCUT2D eigenvalue weighted by Gasteiger charge is 2.26. The maximum absolute atomic E-state index is 12.4. The van der Waals surface area contributed by atoms with Crippen molar-refractivity contribution in [2.45, 2.75) is 18.0 Å². The number of carbonyl (C=O) groups excluding carboxylic acids is 2. The van der Waals surface area contributed by atoms with E-state index >= 15 is 0 Å². The number of piperidine rings is 1. The van der Waals surface area contributed by atoms with Gasteiger partial charge in [0.25, 0.3) is 0 Å². The lowest BCUT2D eigenvalue weighted by Gasteiger charge is -2.30. The molecule has 27 heavy (non-hydrogen) atoms. The summed E-state index contributed by atoms with van der Waals surface area (Å²) >= 11 is 7.30. The van der Waals surface area contributed by atoms with Gasteiger partial charge in [-0.25, -0.2) is 4.98 Å². The minimum absolute atomic E-state index is 0.00499. The molecule has 0 saturated carbocycles. The normalized spacial score (nSPS) is 15.0. The van der Waals surface area contributed by atoms with Crippen LogP contribution in [0.25, 0.3) is 11.4 Å². The van der Waals surface area contributed by atoms with Crippen LogP contribution in [0, 0.1) is 5.92 Å². The van der Waals surface area contributed by atoms with Gasteiger partial charge >= 0.3 is 0 Å². The molecule has 0 spiro atoms. The number of aromatic amines is 1. The Labute approximate surface area is 165 Å². The van der Waals surface area contributed by atoms with Gasteiger partial charge in [0.05, 0.1) is 18.4 Å². The molecule has 2 amide bonds. The molecule has 144 valence electrons. The molecule has 1 aromatic carbocycles. The Morgan fingerprint density at radius 3 is 2.81 bits per heavy atom. The molecular formula is C17H20ClN5O3S. The third-order valence-electron chi connectivity index (χ3n) is 4.46. The van der Waals surface area contributed by atoms with Gasteiger partial charge in [-0.2, -0.15) is 0 Å². The molecule has 10 heteroatoms. The lowest BCUT2D eigenvalue weighted by atomic mass is 9.96. The summed E-state index contributed by atoms with van der Waals surface area (Å²) in [6.07, 6.45) is 1.23. The molecule has 0 bridgehead atoms. The zero-order valence-corrected chi connectivity index (χ0v) is 16.3. The Morgan fingerprint density at radius 1 is 1.41 bits per heavy atom. The Bertz CT molecular complexity index is 836. The van der Waals surface area contributed by atoms with Crippen LogP contribution in [0.5, 0.6) is 5.75 Å². The monoisotopic (exact) mass is 409 g/mol. The van der Waals surface area contributed by atoms with Gasteiger partial charge in [-0.1, -0.05) is 23.4 Å². The summed E-state index contributed by atoms with van der Waals surface area (Å²) in [5.74, 6) is 0.943. The van der Waals surface area contributed by atoms with Crippen LogP contribution >= 0.6 is 23.4 Å². The summed E-state index contributed by atoms with van der Waals surface area (Å²) in [6, 6.07) is 5.23. The molecule has 0 aliphatic carbocycles. The molecule has 1 fully saturated rings. The highest BCUT2D eigenvalue weighted by molar-refractivity contribution is 7.99. The number of rotatable bonds is 6. The van der Waals surface area contributed by atoms with Crippen LogP contribution in [0.15, 0.2) is 23.4 Å². The first-order chi connectivity index (χ1) is 13.0. The van der Waals surface area contributed by atoms with Crippen LogP contribution in [-0.4, -0.2) is 57.8 Å². The van der Waals surface area contributed by atoms with Crippen molar-refractivity contribution in [2.75, 3.05) is 26.0 Å². The Morgan fingerprint density at radius 2 is 2.15 bits per heavy atom. The van der Waals surface area contributed by atoms with Gasteiger partial charge in [-0.3, -0.25) is 14.7 Å². The fourth-order valence-corrected chi connectivity index (χ4v) is 3.80. The van der Waals surface area contributed by atoms with Gasteiger partial charge in [0.1, 0.15) is 5.75 Å². The fraction of sp³-hybridized carbons (Fsp3) is 0.412. The number of nitrogens with two attached hydrogens (primary N) is 1. The third-order valence-corrected chi connectivity index (χ3v) is 5.52. The van der Waals surface area contributed by atoms with Crippen molar-refractivity contribution in [3.63, 3.8) is 0 Å². The summed E-state index contributed by atoms with van der Waals surface area (Å²) in [6.45, 7) is 1.10. The number of amides is 2. The van der Waals surface area contributed by atoms with Gasteiger partial charge in [0.15, 0.2) is 5.82 Å². The molecule has 0 atom stereocenters. The third kappa shape index (κ3) is 4.72. The Hall–Kier alpha value is -2.26. The average molecular weight is 410 g/mol. The van der Waals surface area contributed by atoms with E-state index in [9.17, 15) is 9.59 Å². The molecule has 1 aliphatic rings. The standard InChI is InChI=1S/C17H20ClN5O3S/c1-26-13-3-2-11(18)8-12(13)16-20-17(22-21-16)27-9-14(24)23-6-4-10(5-7-23)15(19)25/h2-3,8,10H,4-7,9H2,1H3,(H2,19,25)(H,20,21,22). The number of likely N-dealkylation sites (tertiary alicyclic amines) is 1. The van der Waals surface area contributed by atoms with Gasteiger partial charge in [-0.15, -0.1) is 5.10 Å². The fourth-order valence-electron chi connectivity index (χ4n) is 2.93. The molecular weight excluding hydrogens is 390 g/mol. The first kappa shape index (κ1) is 19.5. The number of hydrogen-bond donors (Lipinski definition) is 2. The van der Waals surface area contributed by atoms with Crippen molar-refractivity contribution in [3.05, 3.63) is 23.2 Å². The molecule has 3 N–H and O–H groups in total. The zero-order valence-electron chi connectivity index (χ0n) is 14.8. The van der Waals surface area contributed by atoms with Crippen LogP contribution in [0.3, 0.4) is 0 Å². The van der Waals surface area contributed by atoms with Crippen LogP contribution in [0.2, 0.25) is 5.02 Å². The Kier molecular flexibility index (Phi) is 6.22. The molecule has 1 saturated heterocycles. The van der Waals surface area contributed by atoms with Gasteiger partial charge < -0.3 is 15.4 Å². The minimum Gasteiger partial charge on any atom is -0.496 e. The quantitative estimate of drug-likeness (QED) is 0.705. The number of hydrogen-bond acceptors (Lipinski definition) is 6. The number of nitrogens with zero attached hydrogens (tertiary/aromatic N) is 3. The predicted octanol–water partition coefficient (Wildman–Crippen LogP) is 1.95. The van der Waals surface area contributed by atoms with E-state index in [4.69, 9.17) is 22.1 Å². The predicted molar refractivity (Wildman–Crippen MR) is 103 cm³/mol. The molecule has 0 unspecified atom stereocenters. The van der Waals surface area contributed by atoms with Crippen molar-refractivity contribution in [1.29, 1.82) is 0 Å². The molecule has 8 nitrogen and oxygen atoms in total. The van der Waals surface area contributed by atoms with Gasteiger partial charge in [0.2, 0.25) is 17.0 Å². The number of primary amides is 1. The second-order valence-electron chi connectivity index (χ2n) is 6.16. The van der Waals surface area contributed by atoms with E-state index in [0.29, 0.717) is 53.2 Å². The van der Waals surface area contributed by atoms with Gasteiger partial charge in [0, 0.05) is 24.0 Å². The highest BCUT2D eigenvalue weighted by atomic mass is 35.5. The first-order valence-corrected chi connectivity index (χ1v) is 9.80. The first-order valence-electron chi connectivity index (χ1n) is 8.44. The van der Waals surface area contributed by atoms with E-state index in [0.717, 1.165) is 0 Å². The van der Waals surface area contributed by atoms with Crippen molar-refractivity contribution >= 4 is 35.2 Å². The number of methoxy groups -OCH3 is 1. The number of benzene rings is 1. The van der Waals surface area contributed by atoms with Crippen LogP contribution in [0.1, 0.15) is 12.8 Å². The van der Waals surface area contributed by atoms with Crippen molar-refractivity contribution < 1.29 is 14.3 Å². The van der Waals surface area contributed by atoms with Crippen molar-refractivity contribution in [1.82, 2.24) is 20.1 Å². The summed E-state index contributed by atoms with van der Waals surface area (Å²) in [5, 5.41) is 8.02. The maximum Gasteiger partial charge on any atom is 0.233 e. The van der Waals surface area contributed by atoms with Crippen molar-refractivity contribution in [2.24, 2.45) is 11.7 Å². The minimum atomic E-state index is -0.291. The lowest BCUT2D eigenvalue weighted by Crippen LogP contribution is -2.42. The van der Waals surface area contributed by atoms with Crippen LogP contribution in [0.4, 0.5) is 0 Å². The second-order valence-corrected chi connectivity index (χ2v) is 7.54. The number of H-pyrrole nitrogens is 1. The number of ether oxygens (including phenoxy) is 1. The average Bonchev–Trinajstić information content (AvgIpc) is 3.15. The number of halogens is 1. The summed E-state index contributed by atoms with van der Waals surface area (Å²) in [7, 11) is 1.57. The summed E-state index contributed by atoms with van der Waals surface area (Å²) < 4.78 is 5.32. The Balaban J connectivity index is 1.58.